The molecule has 0 radical (unpaired) electrons. The van der Waals surface area contributed by atoms with Crippen molar-refractivity contribution in [3.63, 3.8) is 0 Å². The number of ether oxygens (including phenoxy) is 3. The summed E-state index contributed by atoms with van der Waals surface area (Å²) in [6.45, 7) is 15.6. The zero-order valence-electron chi connectivity index (χ0n) is 23.9. The summed E-state index contributed by atoms with van der Waals surface area (Å²) in [6, 6.07) is 0. The third-order valence-electron chi connectivity index (χ3n) is 14.4. The zero-order valence-corrected chi connectivity index (χ0v) is 23.9. The van der Waals surface area contributed by atoms with Gasteiger partial charge in [-0.1, -0.05) is 34.6 Å². The molecule has 7 rings (SSSR count). The molecule has 2 spiro atoms. The van der Waals surface area contributed by atoms with Crippen molar-refractivity contribution in [1.29, 1.82) is 0 Å². The maximum atomic E-state index is 12.3. The lowest BCUT2D eigenvalue weighted by atomic mass is 9.41. The molecule has 6 nitrogen and oxygen atoms in total. The maximum Gasteiger partial charge on any atom is 0.509 e. The van der Waals surface area contributed by atoms with Crippen LogP contribution in [0, 0.1) is 50.7 Å². The van der Waals surface area contributed by atoms with E-state index in [1.54, 1.807) is 0 Å². The highest BCUT2D eigenvalue weighted by Crippen LogP contribution is 2.89. The minimum Gasteiger partial charge on any atom is -0.424 e. The van der Waals surface area contributed by atoms with E-state index in [0.29, 0.717) is 34.5 Å². The molecule has 0 bridgehead atoms. The van der Waals surface area contributed by atoms with Crippen molar-refractivity contribution in [2.24, 2.45) is 50.7 Å². The molecule has 0 aromatic heterocycles. The van der Waals surface area contributed by atoms with E-state index < -0.39 is 24.0 Å². The predicted molar refractivity (Wildman–Crippen MR) is 138 cm³/mol. The third-order valence-corrected chi connectivity index (χ3v) is 14.4. The van der Waals surface area contributed by atoms with Gasteiger partial charge in [-0.2, -0.15) is 0 Å². The number of hydrogen-bond acceptors (Lipinski definition) is 6. The molecular formula is C31H48O6. The van der Waals surface area contributed by atoms with E-state index in [0.717, 1.165) is 38.5 Å². The monoisotopic (exact) mass is 516 g/mol. The van der Waals surface area contributed by atoms with Crippen LogP contribution in [0.3, 0.4) is 0 Å². The van der Waals surface area contributed by atoms with Crippen LogP contribution < -0.4 is 0 Å². The third kappa shape index (κ3) is 2.68. The Morgan fingerprint density at radius 2 is 1.57 bits per heavy atom. The summed E-state index contributed by atoms with van der Waals surface area (Å²) >= 11 is 0. The molecule has 7 aliphatic rings. The zero-order chi connectivity index (χ0) is 26.6. The molecule has 0 aromatic rings. The number of aliphatic hydroxyl groups is 2. The first-order chi connectivity index (χ1) is 17.2. The van der Waals surface area contributed by atoms with Crippen LogP contribution in [-0.4, -0.2) is 52.5 Å². The molecule has 0 amide bonds. The van der Waals surface area contributed by atoms with Gasteiger partial charge in [0, 0.05) is 5.41 Å². The van der Waals surface area contributed by atoms with Crippen LogP contribution >= 0.6 is 0 Å². The SMILES string of the molecule is C[C@@H]1C[C@H]([C@@H]2OC(=O)OC2(C)C)OC2C1[C@@]1(C)CC[C@@]34C[C@@]35CC[C@H](O)C(C)(C)[C@@H]5CC[C@H]4[C@]1(C)[C@H]2O. The molecule has 7 fully saturated rings. The van der Waals surface area contributed by atoms with Gasteiger partial charge in [-0.15, -0.1) is 0 Å². The fraction of sp³-hybridized carbons (Fsp3) is 0.968. The highest BCUT2D eigenvalue weighted by molar-refractivity contribution is 5.63. The van der Waals surface area contributed by atoms with Crippen molar-refractivity contribution in [3.8, 4) is 0 Å². The Kier molecular flexibility index (Phi) is 4.80. The van der Waals surface area contributed by atoms with E-state index in [9.17, 15) is 15.0 Å². The van der Waals surface area contributed by atoms with Crippen LogP contribution in [-0.2, 0) is 14.2 Å². The fourth-order valence-electron chi connectivity index (χ4n) is 12.6. The highest BCUT2D eigenvalue weighted by Gasteiger charge is 2.84. The van der Waals surface area contributed by atoms with Crippen molar-refractivity contribution in [2.75, 3.05) is 0 Å². The van der Waals surface area contributed by atoms with Gasteiger partial charge in [0.15, 0.2) is 6.10 Å². The lowest BCUT2D eigenvalue weighted by Crippen LogP contribution is -2.59. The number of carbonyl (C=O) groups excluding carboxylic acids is 1. The molecule has 2 saturated heterocycles. The summed E-state index contributed by atoms with van der Waals surface area (Å²) in [7, 11) is 0. The van der Waals surface area contributed by atoms with Crippen molar-refractivity contribution < 1.29 is 29.2 Å². The largest absolute Gasteiger partial charge is 0.509 e. The van der Waals surface area contributed by atoms with E-state index in [4.69, 9.17) is 14.2 Å². The minimum atomic E-state index is -0.736. The van der Waals surface area contributed by atoms with Crippen LogP contribution in [0.4, 0.5) is 4.79 Å². The summed E-state index contributed by atoms with van der Waals surface area (Å²) in [4.78, 5) is 12.0. The normalized spacial score (nSPS) is 60.7. The molecule has 37 heavy (non-hydrogen) atoms. The first-order valence-electron chi connectivity index (χ1n) is 15.1. The summed E-state index contributed by atoms with van der Waals surface area (Å²) < 4.78 is 17.9. The average Bonchev–Trinajstić information content (AvgIpc) is 3.34. The fourth-order valence-corrected chi connectivity index (χ4v) is 12.6. The smallest absolute Gasteiger partial charge is 0.424 e. The topological polar surface area (TPSA) is 85.2 Å². The van der Waals surface area contributed by atoms with Gasteiger partial charge >= 0.3 is 6.16 Å². The lowest BCUT2D eigenvalue weighted by Gasteiger charge is -2.63. The first-order valence-corrected chi connectivity index (χ1v) is 15.1. The standard InChI is InChI=1S/C31H48O6/c1-16-14-17(24-27(4,5)37-25(34)36-24)35-22-21(16)28(6)12-13-31-15-30(31)11-10-20(32)26(2,3)18(30)8-9-19(31)29(28,7)23(22)33/h16-24,32-33H,8-15H2,1-7H3/t16-,17-,18+,19+,20+,21?,22?,23+,24+,28-,29-,30-,31+/m1/s1. The number of hydrogen-bond donors (Lipinski definition) is 2. The Bertz CT molecular complexity index is 1020. The van der Waals surface area contributed by atoms with Gasteiger partial charge in [0.2, 0.25) is 0 Å². The molecule has 6 heteroatoms. The molecule has 2 unspecified atom stereocenters. The summed E-state index contributed by atoms with van der Waals surface area (Å²) in [5.41, 5.74) is -0.331. The Hall–Kier alpha value is -0.850. The molecule has 208 valence electrons. The molecule has 5 aliphatic carbocycles. The molecule has 0 aromatic carbocycles. The molecular weight excluding hydrogens is 468 g/mol. The quantitative estimate of drug-likeness (QED) is 0.449. The van der Waals surface area contributed by atoms with Crippen LogP contribution in [0.15, 0.2) is 0 Å². The second-order valence-electron chi connectivity index (χ2n) is 16.1. The number of cyclic esters (lactones) is 2. The van der Waals surface area contributed by atoms with Gasteiger partial charge in [-0.25, -0.2) is 4.79 Å². The van der Waals surface area contributed by atoms with Gasteiger partial charge in [0.1, 0.15) is 5.60 Å². The van der Waals surface area contributed by atoms with Crippen LogP contribution in [0.2, 0.25) is 0 Å². The van der Waals surface area contributed by atoms with Gasteiger partial charge in [0.25, 0.3) is 0 Å². The molecule has 2 aliphatic heterocycles. The lowest BCUT2D eigenvalue weighted by molar-refractivity contribution is -0.184. The number of fused-ring (bicyclic) bond motifs is 4. The number of carbonyl (C=O) groups is 1. The molecule has 2 N–H and O–H groups in total. The van der Waals surface area contributed by atoms with Crippen molar-refractivity contribution in [1.82, 2.24) is 0 Å². The summed E-state index contributed by atoms with van der Waals surface area (Å²) in [6.07, 6.45) is 6.53. The number of aliphatic hydroxyl groups excluding tert-OH is 2. The minimum absolute atomic E-state index is 0.00999. The average molecular weight is 517 g/mol. The Labute approximate surface area is 222 Å². The van der Waals surface area contributed by atoms with E-state index in [-0.39, 0.29) is 34.6 Å². The number of rotatable bonds is 1. The van der Waals surface area contributed by atoms with Crippen LogP contribution in [0.5, 0.6) is 0 Å². The second-order valence-corrected chi connectivity index (χ2v) is 16.1. The molecule has 13 atom stereocenters. The van der Waals surface area contributed by atoms with Gasteiger partial charge < -0.3 is 24.4 Å². The molecule has 2 heterocycles. The van der Waals surface area contributed by atoms with Crippen molar-refractivity contribution in [2.45, 2.75) is 136 Å². The van der Waals surface area contributed by atoms with Gasteiger partial charge in [-0.05, 0) is 111 Å². The maximum absolute atomic E-state index is 12.3. The van der Waals surface area contributed by atoms with Crippen LogP contribution in [0.1, 0.15) is 99.8 Å². The van der Waals surface area contributed by atoms with E-state index >= 15 is 0 Å². The van der Waals surface area contributed by atoms with Gasteiger partial charge in [0.05, 0.1) is 24.4 Å². The predicted octanol–water partition coefficient (Wildman–Crippen LogP) is 5.47. The second kappa shape index (κ2) is 7.07. The Balaban J connectivity index is 1.23. The van der Waals surface area contributed by atoms with Crippen LogP contribution in [0.25, 0.3) is 0 Å². The van der Waals surface area contributed by atoms with Crippen molar-refractivity contribution >= 4 is 6.16 Å². The molecule has 5 saturated carbocycles. The first kappa shape index (κ1) is 25.1. The van der Waals surface area contributed by atoms with Crippen molar-refractivity contribution in [3.05, 3.63) is 0 Å². The summed E-state index contributed by atoms with van der Waals surface area (Å²) in [5, 5.41) is 23.2. The Morgan fingerprint density at radius 3 is 2.24 bits per heavy atom. The van der Waals surface area contributed by atoms with E-state index in [2.05, 4.69) is 34.6 Å². The van der Waals surface area contributed by atoms with E-state index in [1.807, 2.05) is 13.8 Å². The van der Waals surface area contributed by atoms with Gasteiger partial charge in [-0.3, -0.25) is 0 Å². The summed E-state index contributed by atoms with van der Waals surface area (Å²) in [5.74, 6) is 1.72. The Morgan fingerprint density at radius 1 is 0.892 bits per heavy atom. The highest BCUT2D eigenvalue weighted by atomic mass is 16.8. The van der Waals surface area contributed by atoms with E-state index in [1.165, 1.54) is 12.8 Å².